The fraction of sp³-hybridized carbons (Fsp3) is 0.286. The predicted molar refractivity (Wildman–Crippen MR) is 73.5 cm³/mol. The Balaban J connectivity index is 1.84. The van der Waals surface area contributed by atoms with E-state index in [1.54, 1.807) is 11.1 Å². The standard InChI is InChI=1S/C14H16N4O/c15-7-10-6-13(19)18(9-10)14-16-8-12(17-14)11-4-2-1-3-5-11/h1-5,8,10H,6-7,9,15H2,(H,16,17). The van der Waals surface area contributed by atoms with Crippen molar-refractivity contribution in [3.63, 3.8) is 0 Å². The summed E-state index contributed by atoms with van der Waals surface area (Å²) in [6.07, 6.45) is 2.27. The van der Waals surface area contributed by atoms with Crippen LogP contribution in [0.3, 0.4) is 0 Å². The van der Waals surface area contributed by atoms with E-state index in [4.69, 9.17) is 5.73 Å². The normalized spacial score (nSPS) is 19.1. The molecule has 19 heavy (non-hydrogen) atoms. The molecule has 0 saturated carbocycles. The molecule has 5 heteroatoms. The van der Waals surface area contributed by atoms with Crippen molar-refractivity contribution in [2.24, 2.45) is 11.7 Å². The van der Waals surface area contributed by atoms with Gasteiger partial charge in [-0.3, -0.25) is 9.69 Å². The van der Waals surface area contributed by atoms with Crippen LogP contribution in [0.25, 0.3) is 11.3 Å². The summed E-state index contributed by atoms with van der Waals surface area (Å²) in [6, 6.07) is 9.93. The maximum absolute atomic E-state index is 11.9. The van der Waals surface area contributed by atoms with Crippen LogP contribution >= 0.6 is 0 Å². The van der Waals surface area contributed by atoms with Gasteiger partial charge in [-0.2, -0.15) is 0 Å². The number of nitrogens with two attached hydrogens (primary N) is 1. The van der Waals surface area contributed by atoms with E-state index >= 15 is 0 Å². The van der Waals surface area contributed by atoms with Crippen LogP contribution in [-0.4, -0.2) is 29.0 Å². The predicted octanol–water partition coefficient (Wildman–Crippen LogP) is 1.39. The molecular weight excluding hydrogens is 240 g/mol. The van der Waals surface area contributed by atoms with E-state index in [1.165, 1.54) is 0 Å². The second kappa shape index (κ2) is 4.85. The molecule has 2 aromatic rings. The molecule has 0 radical (unpaired) electrons. The first kappa shape index (κ1) is 11.9. The molecule has 1 fully saturated rings. The molecule has 1 aliphatic heterocycles. The highest BCUT2D eigenvalue weighted by molar-refractivity contribution is 5.94. The quantitative estimate of drug-likeness (QED) is 0.871. The van der Waals surface area contributed by atoms with Crippen LogP contribution in [0.15, 0.2) is 36.5 Å². The third kappa shape index (κ3) is 2.24. The molecule has 1 aromatic carbocycles. The number of aromatic amines is 1. The number of anilines is 1. The minimum atomic E-state index is 0.0874. The summed E-state index contributed by atoms with van der Waals surface area (Å²) in [7, 11) is 0. The number of benzene rings is 1. The van der Waals surface area contributed by atoms with Gasteiger partial charge in [-0.05, 0) is 18.0 Å². The molecule has 1 aliphatic rings. The maximum Gasteiger partial charge on any atom is 0.229 e. The van der Waals surface area contributed by atoms with Crippen molar-refractivity contribution < 1.29 is 4.79 Å². The van der Waals surface area contributed by atoms with Crippen LogP contribution in [0.5, 0.6) is 0 Å². The third-order valence-corrected chi connectivity index (χ3v) is 3.44. The molecule has 1 atom stereocenters. The summed E-state index contributed by atoms with van der Waals surface area (Å²) in [5.41, 5.74) is 7.60. The number of H-pyrrole nitrogens is 1. The van der Waals surface area contributed by atoms with Crippen molar-refractivity contribution >= 4 is 11.9 Å². The van der Waals surface area contributed by atoms with Crippen LogP contribution < -0.4 is 10.6 Å². The monoisotopic (exact) mass is 256 g/mol. The minimum absolute atomic E-state index is 0.0874. The number of imidazole rings is 1. The number of hydrogen-bond donors (Lipinski definition) is 2. The van der Waals surface area contributed by atoms with Crippen molar-refractivity contribution in [2.45, 2.75) is 6.42 Å². The van der Waals surface area contributed by atoms with Gasteiger partial charge < -0.3 is 10.7 Å². The van der Waals surface area contributed by atoms with E-state index in [9.17, 15) is 4.79 Å². The summed E-state index contributed by atoms with van der Waals surface area (Å²) in [5, 5.41) is 0. The van der Waals surface area contributed by atoms with Crippen molar-refractivity contribution in [1.29, 1.82) is 0 Å². The first-order valence-corrected chi connectivity index (χ1v) is 6.39. The number of nitrogens with one attached hydrogen (secondary N) is 1. The highest BCUT2D eigenvalue weighted by Gasteiger charge is 2.31. The van der Waals surface area contributed by atoms with E-state index in [-0.39, 0.29) is 11.8 Å². The van der Waals surface area contributed by atoms with Crippen LogP contribution in [0, 0.1) is 5.92 Å². The van der Waals surface area contributed by atoms with Gasteiger partial charge in [0, 0.05) is 13.0 Å². The van der Waals surface area contributed by atoms with Crippen molar-refractivity contribution in [3.05, 3.63) is 36.5 Å². The van der Waals surface area contributed by atoms with Gasteiger partial charge in [0.25, 0.3) is 0 Å². The second-order valence-electron chi connectivity index (χ2n) is 4.80. The van der Waals surface area contributed by atoms with E-state index in [2.05, 4.69) is 9.97 Å². The van der Waals surface area contributed by atoms with Crippen molar-refractivity contribution in [3.8, 4) is 11.3 Å². The van der Waals surface area contributed by atoms with Crippen LogP contribution in [0.4, 0.5) is 5.95 Å². The van der Waals surface area contributed by atoms with E-state index in [0.717, 1.165) is 11.3 Å². The first-order valence-electron chi connectivity index (χ1n) is 6.39. The zero-order chi connectivity index (χ0) is 13.2. The van der Waals surface area contributed by atoms with Crippen LogP contribution in [-0.2, 0) is 4.79 Å². The molecule has 98 valence electrons. The Morgan fingerprint density at radius 2 is 2.16 bits per heavy atom. The number of rotatable bonds is 3. The molecule has 2 heterocycles. The fourth-order valence-electron chi connectivity index (χ4n) is 2.36. The van der Waals surface area contributed by atoms with E-state index in [0.29, 0.717) is 25.5 Å². The van der Waals surface area contributed by atoms with Crippen LogP contribution in [0.1, 0.15) is 6.42 Å². The lowest BCUT2D eigenvalue weighted by Crippen LogP contribution is -2.26. The van der Waals surface area contributed by atoms with Gasteiger partial charge >= 0.3 is 0 Å². The Kier molecular flexibility index (Phi) is 3.05. The zero-order valence-electron chi connectivity index (χ0n) is 10.5. The van der Waals surface area contributed by atoms with Crippen molar-refractivity contribution in [2.75, 3.05) is 18.0 Å². The molecule has 1 unspecified atom stereocenters. The maximum atomic E-state index is 11.9. The molecule has 1 saturated heterocycles. The Bertz CT molecular complexity index is 578. The lowest BCUT2D eigenvalue weighted by molar-refractivity contribution is -0.117. The molecule has 3 rings (SSSR count). The van der Waals surface area contributed by atoms with Gasteiger partial charge in [0.05, 0.1) is 11.9 Å². The van der Waals surface area contributed by atoms with E-state index < -0.39 is 0 Å². The molecule has 0 bridgehead atoms. The Morgan fingerprint density at radius 3 is 2.84 bits per heavy atom. The number of carbonyl (C=O) groups is 1. The smallest absolute Gasteiger partial charge is 0.229 e. The molecule has 1 aromatic heterocycles. The van der Waals surface area contributed by atoms with Gasteiger partial charge in [0.1, 0.15) is 0 Å². The SMILES string of the molecule is NCC1CC(=O)N(c2ncc(-c3ccccc3)[nH]2)C1. The zero-order valence-corrected chi connectivity index (χ0v) is 10.5. The number of nitrogens with zero attached hydrogens (tertiary/aromatic N) is 2. The van der Waals surface area contributed by atoms with Gasteiger partial charge in [-0.1, -0.05) is 30.3 Å². The van der Waals surface area contributed by atoms with E-state index in [1.807, 2.05) is 30.3 Å². The lowest BCUT2D eigenvalue weighted by atomic mass is 10.1. The summed E-state index contributed by atoms with van der Waals surface area (Å²) in [5.74, 6) is 0.932. The number of hydrogen-bond acceptors (Lipinski definition) is 3. The highest BCUT2D eigenvalue weighted by atomic mass is 16.2. The van der Waals surface area contributed by atoms with Gasteiger partial charge in [0.2, 0.25) is 11.9 Å². The van der Waals surface area contributed by atoms with Crippen LogP contribution in [0.2, 0.25) is 0 Å². The number of aromatic nitrogens is 2. The Morgan fingerprint density at radius 1 is 1.37 bits per heavy atom. The first-order chi connectivity index (χ1) is 9.28. The molecule has 0 spiro atoms. The summed E-state index contributed by atoms with van der Waals surface area (Å²) in [6.45, 7) is 1.19. The largest absolute Gasteiger partial charge is 0.330 e. The average molecular weight is 256 g/mol. The second-order valence-corrected chi connectivity index (χ2v) is 4.80. The summed E-state index contributed by atoms with van der Waals surface area (Å²) < 4.78 is 0. The highest BCUT2D eigenvalue weighted by Crippen LogP contribution is 2.25. The molecular formula is C14H16N4O. The van der Waals surface area contributed by atoms with Gasteiger partial charge in [-0.25, -0.2) is 4.98 Å². The van der Waals surface area contributed by atoms with Crippen molar-refractivity contribution in [1.82, 2.24) is 9.97 Å². The number of carbonyl (C=O) groups excluding carboxylic acids is 1. The third-order valence-electron chi connectivity index (χ3n) is 3.44. The Labute approximate surface area is 111 Å². The lowest BCUT2D eigenvalue weighted by Gasteiger charge is -2.12. The van der Waals surface area contributed by atoms with Gasteiger partial charge in [-0.15, -0.1) is 0 Å². The molecule has 5 nitrogen and oxygen atoms in total. The molecule has 0 aliphatic carbocycles. The minimum Gasteiger partial charge on any atom is -0.330 e. The fourth-order valence-corrected chi connectivity index (χ4v) is 2.36. The topological polar surface area (TPSA) is 75.0 Å². The summed E-state index contributed by atoms with van der Waals surface area (Å²) >= 11 is 0. The summed E-state index contributed by atoms with van der Waals surface area (Å²) in [4.78, 5) is 21.1. The molecule has 3 N–H and O–H groups in total. The average Bonchev–Trinajstić information content (AvgIpc) is 3.06. The molecule has 1 amide bonds. The van der Waals surface area contributed by atoms with Gasteiger partial charge in [0.15, 0.2) is 0 Å². The Hall–Kier alpha value is -2.14. The number of amides is 1.